The summed E-state index contributed by atoms with van der Waals surface area (Å²) in [6.07, 6.45) is 3.00. The number of hydrogen-bond donors (Lipinski definition) is 0. The van der Waals surface area contributed by atoms with Crippen LogP contribution in [-0.2, 0) is 6.42 Å². The number of hydrogen-bond acceptors (Lipinski definition) is 2. The van der Waals surface area contributed by atoms with E-state index >= 15 is 0 Å². The van der Waals surface area contributed by atoms with E-state index in [1.165, 1.54) is 16.8 Å². The molecule has 1 aromatic heterocycles. The Kier molecular flexibility index (Phi) is 2.13. The first-order valence-corrected chi connectivity index (χ1v) is 5.63. The molecule has 0 aliphatic carbocycles. The molecule has 1 aromatic carbocycles. The first-order valence-electron chi connectivity index (χ1n) is 5.63. The van der Waals surface area contributed by atoms with Crippen LogP contribution in [0.1, 0.15) is 11.1 Å². The molecule has 2 aromatic rings. The minimum absolute atomic E-state index is 1.04. The molecule has 0 atom stereocenters. The largest absolute Gasteiger partial charge is 0.326 e. The zero-order valence-electron chi connectivity index (χ0n) is 9.35. The van der Waals surface area contributed by atoms with Crippen molar-refractivity contribution in [2.45, 2.75) is 13.3 Å². The predicted molar refractivity (Wildman–Crippen MR) is 66.1 cm³/mol. The zero-order valence-corrected chi connectivity index (χ0v) is 9.35. The molecule has 0 amide bonds. The maximum absolute atomic E-state index is 4.45. The van der Waals surface area contributed by atoms with E-state index in [-0.39, 0.29) is 0 Å². The molecule has 2 nitrogen and oxygen atoms in total. The topological polar surface area (TPSA) is 16.1 Å². The lowest BCUT2D eigenvalue weighted by Gasteiger charge is -2.18. The van der Waals surface area contributed by atoms with E-state index in [4.69, 9.17) is 0 Å². The van der Waals surface area contributed by atoms with Crippen LogP contribution in [0.2, 0.25) is 0 Å². The molecule has 2 heteroatoms. The van der Waals surface area contributed by atoms with E-state index in [0.717, 1.165) is 18.8 Å². The van der Waals surface area contributed by atoms with Crippen molar-refractivity contribution in [3.05, 3.63) is 53.7 Å². The highest BCUT2D eigenvalue weighted by Crippen LogP contribution is 2.33. The lowest BCUT2D eigenvalue weighted by atomic mass is 10.2. The SMILES string of the molecule is Cc1ccnc(N2CCc3ccccc32)c1. The van der Waals surface area contributed by atoms with Gasteiger partial charge >= 0.3 is 0 Å². The van der Waals surface area contributed by atoms with Crippen molar-refractivity contribution in [3.8, 4) is 0 Å². The number of aromatic nitrogens is 1. The number of pyridine rings is 1. The van der Waals surface area contributed by atoms with E-state index < -0.39 is 0 Å². The summed E-state index contributed by atoms with van der Waals surface area (Å²) in [6, 6.07) is 12.7. The maximum Gasteiger partial charge on any atom is 0.133 e. The van der Waals surface area contributed by atoms with E-state index in [9.17, 15) is 0 Å². The van der Waals surface area contributed by atoms with E-state index in [2.05, 4.69) is 47.1 Å². The van der Waals surface area contributed by atoms with Gasteiger partial charge in [0.25, 0.3) is 0 Å². The van der Waals surface area contributed by atoms with Crippen LogP contribution >= 0.6 is 0 Å². The highest BCUT2D eigenvalue weighted by Gasteiger charge is 2.20. The Morgan fingerprint density at radius 1 is 1.19 bits per heavy atom. The van der Waals surface area contributed by atoms with Gasteiger partial charge in [-0.1, -0.05) is 18.2 Å². The van der Waals surface area contributed by atoms with Gasteiger partial charge in [0, 0.05) is 18.4 Å². The molecule has 0 spiro atoms. The number of rotatable bonds is 1. The fraction of sp³-hybridized carbons (Fsp3) is 0.214. The highest BCUT2D eigenvalue weighted by atomic mass is 15.2. The molecule has 1 aliphatic rings. The average Bonchev–Trinajstić information content (AvgIpc) is 2.72. The van der Waals surface area contributed by atoms with Gasteiger partial charge in [-0.25, -0.2) is 4.98 Å². The van der Waals surface area contributed by atoms with Crippen LogP contribution in [0.5, 0.6) is 0 Å². The second-order valence-corrected chi connectivity index (χ2v) is 4.22. The van der Waals surface area contributed by atoms with Crippen LogP contribution in [0.25, 0.3) is 0 Å². The number of para-hydroxylation sites is 1. The monoisotopic (exact) mass is 210 g/mol. The zero-order chi connectivity index (χ0) is 11.0. The molecule has 0 unspecified atom stereocenters. The summed E-state index contributed by atoms with van der Waals surface area (Å²) >= 11 is 0. The number of anilines is 2. The Balaban J connectivity index is 2.05. The summed E-state index contributed by atoms with van der Waals surface area (Å²) < 4.78 is 0. The average molecular weight is 210 g/mol. The Morgan fingerprint density at radius 2 is 2.06 bits per heavy atom. The molecule has 0 bridgehead atoms. The third kappa shape index (κ3) is 1.47. The third-order valence-electron chi connectivity index (χ3n) is 3.06. The van der Waals surface area contributed by atoms with Crippen molar-refractivity contribution in [1.82, 2.24) is 4.98 Å². The van der Waals surface area contributed by atoms with Gasteiger partial charge in [-0.3, -0.25) is 0 Å². The van der Waals surface area contributed by atoms with E-state index in [1.807, 2.05) is 12.3 Å². The normalized spacial score (nSPS) is 13.9. The summed E-state index contributed by atoms with van der Waals surface area (Å²) in [5.74, 6) is 1.06. The van der Waals surface area contributed by atoms with Gasteiger partial charge in [-0.15, -0.1) is 0 Å². The molecule has 2 heterocycles. The smallest absolute Gasteiger partial charge is 0.133 e. The van der Waals surface area contributed by atoms with Crippen LogP contribution in [0, 0.1) is 6.92 Å². The van der Waals surface area contributed by atoms with Gasteiger partial charge in [0.1, 0.15) is 5.82 Å². The lowest BCUT2D eigenvalue weighted by molar-refractivity contribution is 0.972. The summed E-state index contributed by atoms with van der Waals surface area (Å²) in [5, 5.41) is 0. The standard InChI is InChI=1S/C14H14N2/c1-11-6-8-15-14(10-11)16-9-7-12-4-2-3-5-13(12)16/h2-6,8,10H,7,9H2,1H3. The van der Waals surface area contributed by atoms with Gasteiger partial charge in [0.15, 0.2) is 0 Å². The summed E-state index contributed by atoms with van der Waals surface area (Å²) in [7, 11) is 0. The fourth-order valence-corrected chi connectivity index (χ4v) is 2.24. The van der Waals surface area contributed by atoms with Crippen molar-refractivity contribution in [1.29, 1.82) is 0 Å². The first-order chi connectivity index (χ1) is 7.84. The number of benzene rings is 1. The first kappa shape index (κ1) is 9.40. The predicted octanol–water partition coefficient (Wildman–Crippen LogP) is 3.08. The number of aryl methyl sites for hydroxylation is 1. The molecular weight excluding hydrogens is 196 g/mol. The Bertz CT molecular complexity index is 520. The molecule has 0 saturated heterocycles. The van der Waals surface area contributed by atoms with Crippen molar-refractivity contribution < 1.29 is 0 Å². The molecule has 0 radical (unpaired) electrons. The van der Waals surface area contributed by atoms with Crippen molar-refractivity contribution in [2.24, 2.45) is 0 Å². The minimum Gasteiger partial charge on any atom is -0.326 e. The summed E-state index contributed by atoms with van der Waals surface area (Å²) in [6.45, 7) is 3.14. The highest BCUT2D eigenvalue weighted by molar-refractivity contribution is 5.67. The molecule has 80 valence electrons. The van der Waals surface area contributed by atoms with Crippen molar-refractivity contribution in [2.75, 3.05) is 11.4 Å². The van der Waals surface area contributed by atoms with Gasteiger partial charge < -0.3 is 4.90 Å². The second kappa shape index (κ2) is 3.63. The molecule has 0 fully saturated rings. The van der Waals surface area contributed by atoms with Gasteiger partial charge in [0.2, 0.25) is 0 Å². The third-order valence-corrected chi connectivity index (χ3v) is 3.06. The van der Waals surface area contributed by atoms with Crippen LogP contribution in [0.15, 0.2) is 42.6 Å². The van der Waals surface area contributed by atoms with Crippen LogP contribution in [0.4, 0.5) is 11.5 Å². The minimum atomic E-state index is 1.04. The van der Waals surface area contributed by atoms with Gasteiger partial charge in [0.05, 0.1) is 0 Å². The Labute approximate surface area is 95.6 Å². The van der Waals surface area contributed by atoms with Crippen LogP contribution in [0.3, 0.4) is 0 Å². The molecule has 0 saturated carbocycles. The maximum atomic E-state index is 4.45. The van der Waals surface area contributed by atoms with E-state index in [0.29, 0.717) is 0 Å². The molecule has 0 N–H and O–H groups in total. The fourth-order valence-electron chi connectivity index (χ4n) is 2.24. The van der Waals surface area contributed by atoms with Crippen LogP contribution in [-0.4, -0.2) is 11.5 Å². The van der Waals surface area contributed by atoms with Gasteiger partial charge in [-0.05, 0) is 42.7 Å². The number of fused-ring (bicyclic) bond motifs is 1. The second-order valence-electron chi connectivity index (χ2n) is 4.22. The van der Waals surface area contributed by atoms with Crippen molar-refractivity contribution >= 4 is 11.5 Å². The van der Waals surface area contributed by atoms with Crippen LogP contribution < -0.4 is 4.90 Å². The summed E-state index contributed by atoms with van der Waals surface area (Å²) in [4.78, 5) is 6.74. The lowest BCUT2D eigenvalue weighted by Crippen LogP contribution is -2.14. The number of nitrogens with zero attached hydrogens (tertiary/aromatic N) is 2. The van der Waals surface area contributed by atoms with Crippen molar-refractivity contribution in [3.63, 3.8) is 0 Å². The molecule has 1 aliphatic heterocycles. The Morgan fingerprint density at radius 3 is 2.94 bits per heavy atom. The summed E-state index contributed by atoms with van der Waals surface area (Å²) in [5.41, 5.74) is 3.99. The molecule has 16 heavy (non-hydrogen) atoms. The Hall–Kier alpha value is -1.83. The molecule has 3 rings (SSSR count). The molecular formula is C14H14N2. The van der Waals surface area contributed by atoms with Gasteiger partial charge in [-0.2, -0.15) is 0 Å². The quantitative estimate of drug-likeness (QED) is 0.719. The van der Waals surface area contributed by atoms with E-state index in [1.54, 1.807) is 0 Å².